The molecule has 0 spiro atoms. The molecule has 0 radical (unpaired) electrons. The van der Waals surface area contributed by atoms with E-state index in [9.17, 15) is 13.2 Å². The lowest BCUT2D eigenvalue weighted by atomic mass is 10.4. The maximum atomic E-state index is 11.8. The zero-order valence-electron chi connectivity index (χ0n) is 10.1. The Morgan fingerprint density at radius 3 is 2.90 bits per heavy atom. The summed E-state index contributed by atoms with van der Waals surface area (Å²) in [5.74, 6) is 0. The van der Waals surface area contributed by atoms with E-state index >= 15 is 0 Å². The van der Waals surface area contributed by atoms with Crippen molar-refractivity contribution in [2.24, 2.45) is 0 Å². The van der Waals surface area contributed by atoms with E-state index in [1.807, 2.05) is 0 Å². The number of hydrogen-bond donors (Lipinski definition) is 3. The number of sulfonamides is 1. The van der Waals surface area contributed by atoms with Crippen molar-refractivity contribution in [2.45, 2.75) is 4.21 Å². The summed E-state index contributed by atoms with van der Waals surface area (Å²) in [6.45, 7) is 0.429. The Morgan fingerprint density at radius 1 is 1.40 bits per heavy atom. The maximum Gasteiger partial charge on any atom is 0.285 e. The predicted octanol–water partition coefficient (Wildman–Crippen LogP) is 0.875. The van der Waals surface area contributed by atoms with Gasteiger partial charge in [0.2, 0.25) is 10.0 Å². The monoisotopic (exact) mass is 334 g/mol. The fourth-order valence-electron chi connectivity index (χ4n) is 1.38. The van der Waals surface area contributed by atoms with Gasteiger partial charge < -0.3 is 5.32 Å². The molecule has 2 aromatic heterocycles. The van der Waals surface area contributed by atoms with Gasteiger partial charge in [-0.1, -0.05) is 17.7 Å². The lowest BCUT2D eigenvalue weighted by Gasteiger charge is -2.08. The summed E-state index contributed by atoms with van der Waals surface area (Å²) in [6, 6.07) is 3.19. The van der Waals surface area contributed by atoms with Crippen molar-refractivity contribution in [3.63, 3.8) is 0 Å². The van der Waals surface area contributed by atoms with Crippen LogP contribution in [0.1, 0.15) is 0 Å². The van der Waals surface area contributed by atoms with Crippen molar-refractivity contribution in [3.05, 3.63) is 39.1 Å². The van der Waals surface area contributed by atoms with Gasteiger partial charge in [0.05, 0.1) is 11.9 Å². The summed E-state index contributed by atoms with van der Waals surface area (Å²) >= 11 is 6.90. The average Bonchev–Trinajstić information content (AvgIpc) is 2.94. The Morgan fingerprint density at radius 2 is 2.20 bits per heavy atom. The summed E-state index contributed by atoms with van der Waals surface area (Å²) in [4.78, 5) is 11.2. The van der Waals surface area contributed by atoms with Crippen molar-refractivity contribution in [1.82, 2.24) is 14.9 Å². The van der Waals surface area contributed by atoms with Crippen LogP contribution in [0.4, 0.5) is 5.69 Å². The lowest BCUT2D eigenvalue weighted by molar-refractivity contribution is 0.585. The third-order valence-electron chi connectivity index (χ3n) is 2.29. The number of aromatic amines is 1. The number of aromatic nitrogens is 2. The van der Waals surface area contributed by atoms with Crippen LogP contribution < -0.4 is 15.6 Å². The number of thiophene rings is 1. The molecule has 10 heteroatoms. The average molecular weight is 335 g/mol. The fraction of sp³-hybridized carbons (Fsp3) is 0.200. The Balaban J connectivity index is 1.88. The minimum absolute atomic E-state index is 0.0129. The summed E-state index contributed by atoms with van der Waals surface area (Å²) in [5, 5.41) is 10.3. The van der Waals surface area contributed by atoms with Crippen molar-refractivity contribution in [3.8, 4) is 0 Å². The Bertz CT molecular complexity index is 727. The molecule has 2 rings (SSSR count). The zero-order valence-corrected chi connectivity index (χ0v) is 12.5. The second-order valence-corrected chi connectivity index (χ2v) is 7.00. The molecule has 0 atom stereocenters. The van der Waals surface area contributed by atoms with Crippen LogP contribution >= 0.6 is 22.9 Å². The van der Waals surface area contributed by atoms with Gasteiger partial charge in [0.1, 0.15) is 9.23 Å². The molecule has 108 valence electrons. The van der Waals surface area contributed by atoms with Gasteiger partial charge in [-0.3, -0.25) is 4.79 Å². The van der Waals surface area contributed by atoms with Crippen LogP contribution in [-0.2, 0) is 10.0 Å². The molecular weight excluding hydrogens is 324 g/mol. The molecule has 3 N–H and O–H groups in total. The SMILES string of the molecule is O=c1[nH]ncc(NCCNS(=O)(=O)c2cccs2)c1Cl. The van der Waals surface area contributed by atoms with Crippen LogP contribution in [0, 0.1) is 0 Å². The first-order valence-electron chi connectivity index (χ1n) is 5.51. The fourth-order valence-corrected chi connectivity index (χ4v) is 3.60. The van der Waals surface area contributed by atoms with Crippen LogP contribution in [0.2, 0.25) is 5.02 Å². The smallest absolute Gasteiger partial charge is 0.285 e. The molecule has 0 aliphatic heterocycles. The van der Waals surface area contributed by atoms with Gasteiger partial charge in [-0.05, 0) is 11.4 Å². The highest BCUT2D eigenvalue weighted by atomic mass is 35.5. The number of H-pyrrole nitrogens is 1. The number of anilines is 1. The van der Waals surface area contributed by atoms with Gasteiger partial charge in [0.25, 0.3) is 5.56 Å². The van der Waals surface area contributed by atoms with Gasteiger partial charge in [-0.15, -0.1) is 11.3 Å². The summed E-state index contributed by atoms with van der Waals surface area (Å²) in [6.07, 6.45) is 1.36. The number of rotatable bonds is 6. The molecule has 0 aliphatic carbocycles. The molecule has 0 unspecified atom stereocenters. The largest absolute Gasteiger partial charge is 0.381 e. The van der Waals surface area contributed by atoms with E-state index in [0.29, 0.717) is 5.69 Å². The summed E-state index contributed by atoms with van der Waals surface area (Å²) < 4.78 is 26.3. The van der Waals surface area contributed by atoms with Crippen molar-refractivity contribution in [1.29, 1.82) is 0 Å². The molecular formula is C10H11ClN4O3S2. The van der Waals surface area contributed by atoms with Gasteiger partial charge in [0.15, 0.2) is 0 Å². The van der Waals surface area contributed by atoms with Crippen LogP contribution in [0.5, 0.6) is 0 Å². The Hall–Kier alpha value is -1.42. The molecule has 7 nitrogen and oxygen atoms in total. The normalized spacial score (nSPS) is 11.4. The lowest BCUT2D eigenvalue weighted by Crippen LogP contribution is -2.28. The minimum Gasteiger partial charge on any atom is -0.381 e. The Labute approximate surface area is 124 Å². The molecule has 0 bridgehead atoms. The van der Waals surface area contributed by atoms with Gasteiger partial charge in [-0.25, -0.2) is 18.2 Å². The topological polar surface area (TPSA) is 104 Å². The second-order valence-electron chi connectivity index (χ2n) is 3.68. The quantitative estimate of drug-likeness (QED) is 0.680. The maximum absolute atomic E-state index is 11.8. The number of halogens is 1. The van der Waals surface area contributed by atoms with Crippen LogP contribution in [-0.4, -0.2) is 31.7 Å². The highest BCUT2D eigenvalue weighted by Crippen LogP contribution is 2.15. The molecule has 2 aromatic rings. The van der Waals surface area contributed by atoms with Crippen LogP contribution in [0.25, 0.3) is 0 Å². The number of nitrogens with zero attached hydrogens (tertiary/aromatic N) is 1. The molecule has 0 fully saturated rings. The van der Waals surface area contributed by atoms with E-state index in [1.165, 1.54) is 12.3 Å². The molecule has 0 aliphatic rings. The van der Waals surface area contributed by atoms with Crippen LogP contribution in [0.15, 0.2) is 32.7 Å². The highest BCUT2D eigenvalue weighted by Gasteiger charge is 2.13. The van der Waals surface area contributed by atoms with E-state index in [2.05, 4.69) is 20.2 Å². The summed E-state index contributed by atoms with van der Waals surface area (Å²) in [5.41, 5.74) is -0.151. The first-order valence-corrected chi connectivity index (χ1v) is 8.25. The van der Waals surface area contributed by atoms with Gasteiger partial charge >= 0.3 is 0 Å². The minimum atomic E-state index is -3.48. The van der Waals surface area contributed by atoms with Crippen molar-refractivity contribution in [2.75, 3.05) is 18.4 Å². The van der Waals surface area contributed by atoms with Gasteiger partial charge in [-0.2, -0.15) is 5.10 Å². The molecule has 0 aromatic carbocycles. The molecule has 2 heterocycles. The zero-order chi connectivity index (χ0) is 14.6. The molecule has 0 saturated heterocycles. The predicted molar refractivity (Wildman–Crippen MR) is 77.9 cm³/mol. The van der Waals surface area contributed by atoms with E-state index in [-0.39, 0.29) is 22.3 Å². The van der Waals surface area contributed by atoms with Gasteiger partial charge in [0, 0.05) is 13.1 Å². The third kappa shape index (κ3) is 3.57. The Kier molecular flexibility index (Phi) is 4.76. The first kappa shape index (κ1) is 15.0. The van der Waals surface area contributed by atoms with Crippen LogP contribution in [0.3, 0.4) is 0 Å². The van der Waals surface area contributed by atoms with E-state index in [4.69, 9.17) is 11.6 Å². The summed E-state index contributed by atoms with van der Waals surface area (Å²) in [7, 11) is -3.48. The number of hydrogen-bond acceptors (Lipinski definition) is 6. The van der Waals surface area contributed by atoms with Crippen molar-refractivity contribution < 1.29 is 8.42 Å². The van der Waals surface area contributed by atoms with E-state index < -0.39 is 15.6 Å². The number of nitrogens with one attached hydrogen (secondary N) is 3. The second kappa shape index (κ2) is 6.35. The van der Waals surface area contributed by atoms with E-state index in [0.717, 1.165) is 11.3 Å². The molecule has 20 heavy (non-hydrogen) atoms. The van der Waals surface area contributed by atoms with Crippen molar-refractivity contribution >= 4 is 38.6 Å². The molecule has 0 saturated carbocycles. The molecule has 0 amide bonds. The van der Waals surface area contributed by atoms with E-state index in [1.54, 1.807) is 11.4 Å². The highest BCUT2D eigenvalue weighted by molar-refractivity contribution is 7.91. The first-order chi connectivity index (χ1) is 9.50. The third-order valence-corrected chi connectivity index (χ3v) is 5.52. The standard InChI is InChI=1S/C10H11ClN4O3S2/c11-9-7(6-13-15-10(9)16)12-3-4-14-20(17,18)8-2-1-5-19-8/h1-2,5-6,14H,3-4H2,(H2,12,15,16).